The first kappa shape index (κ1) is 5.35. The highest BCUT2D eigenvalue weighted by atomic mass is 16.1. The van der Waals surface area contributed by atoms with Crippen LogP contribution in [0.5, 0.6) is 0 Å². The van der Waals surface area contributed by atoms with Crippen LogP contribution in [0.25, 0.3) is 0 Å². The Morgan fingerprint density at radius 1 is 1.88 bits per heavy atom. The van der Waals surface area contributed by atoms with Crippen molar-refractivity contribution >= 4 is 5.91 Å². The van der Waals surface area contributed by atoms with E-state index in [0.717, 1.165) is 5.70 Å². The summed E-state index contributed by atoms with van der Waals surface area (Å²) < 4.78 is 0. The molecule has 1 aliphatic heterocycles. The van der Waals surface area contributed by atoms with E-state index in [1.807, 2.05) is 6.92 Å². The zero-order valence-corrected chi connectivity index (χ0v) is 4.90. The third-order valence-electron chi connectivity index (χ3n) is 1.39. The number of hydrogen-bond donors (Lipinski definition) is 1. The molecule has 44 valence electrons. The maximum absolute atomic E-state index is 10.5. The van der Waals surface area contributed by atoms with Crippen LogP contribution in [0.3, 0.4) is 0 Å². The Morgan fingerprint density at radius 3 is 2.62 bits per heavy atom. The highest BCUT2D eigenvalue weighted by molar-refractivity contribution is 5.81. The van der Waals surface area contributed by atoms with E-state index in [4.69, 9.17) is 0 Å². The molecule has 1 saturated heterocycles. The van der Waals surface area contributed by atoms with Crippen molar-refractivity contribution in [1.29, 1.82) is 0 Å². The maximum Gasteiger partial charge on any atom is 0.224 e. The minimum atomic E-state index is 0.0995. The van der Waals surface area contributed by atoms with Gasteiger partial charge in [0.15, 0.2) is 0 Å². The van der Waals surface area contributed by atoms with Crippen LogP contribution in [0.4, 0.5) is 0 Å². The van der Waals surface area contributed by atoms with Gasteiger partial charge in [-0.05, 0) is 0 Å². The molecule has 1 fully saturated rings. The molecule has 0 radical (unpaired) electrons. The first-order chi connectivity index (χ1) is 3.70. The van der Waals surface area contributed by atoms with Gasteiger partial charge < -0.3 is 5.32 Å². The maximum atomic E-state index is 10.5. The van der Waals surface area contributed by atoms with Gasteiger partial charge in [0.25, 0.3) is 0 Å². The second-order valence-corrected chi connectivity index (χ2v) is 2.18. The summed E-state index contributed by atoms with van der Waals surface area (Å²) in [7, 11) is 0. The van der Waals surface area contributed by atoms with Crippen molar-refractivity contribution in [2.45, 2.75) is 13.3 Å². The molecular weight excluding hydrogens is 102 g/mol. The smallest absolute Gasteiger partial charge is 0.224 e. The fraction of sp³-hybridized carbons (Fsp3) is 0.500. The molecule has 2 heteroatoms. The van der Waals surface area contributed by atoms with Crippen molar-refractivity contribution in [3.8, 4) is 0 Å². The lowest BCUT2D eigenvalue weighted by molar-refractivity contribution is -0.119. The molecule has 0 aromatic heterocycles. The average molecular weight is 111 g/mol. The molecular formula is C6H9NO. The Hall–Kier alpha value is -0.790. The predicted molar refractivity (Wildman–Crippen MR) is 31.1 cm³/mol. The van der Waals surface area contributed by atoms with E-state index in [1.54, 1.807) is 0 Å². The van der Waals surface area contributed by atoms with Crippen molar-refractivity contribution in [2.75, 3.05) is 0 Å². The molecule has 0 bridgehead atoms. The molecule has 0 aromatic rings. The van der Waals surface area contributed by atoms with Gasteiger partial charge in [0.1, 0.15) is 0 Å². The molecule has 0 saturated carbocycles. The van der Waals surface area contributed by atoms with Crippen molar-refractivity contribution in [1.82, 2.24) is 5.32 Å². The summed E-state index contributed by atoms with van der Waals surface area (Å²) in [5, 5.41) is 2.63. The Kier molecular flexibility index (Phi) is 1.08. The van der Waals surface area contributed by atoms with Crippen LogP contribution in [0.15, 0.2) is 12.3 Å². The Morgan fingerprint density at radius 2 is 2.50 bits per heavy atom. The third-order valence-corrected chi connectivity index (χ3v) is 1.39. The number of allylic oxidation sites excluding steroid dienone is 1. The molecule has 2 nitrogen and oxygen atoms in total. The quantitative estimate of drug-likeness (QED) is 0.488. The van der Waals surface area contributed by atoms with Crippen LogP contribution in [0.1, 0.15) is 13.3 Å². The van der Waals surface area contributed by atoms with Crippen molar-refractivity contribution in [3.05, 3.63) is 12.3 Å². The second kappa shape index (κ2) is 1.62. The summed E-state index contributed by atoms with van der Waals surface area (Å²) in [6, 6.07) is 0. The van der Waals surface area contributed by atoms with Gasteiger partial charge in [0.05, 0.1) is 0 Å². The molecule has 0 spiro atoms. The first-order valence-electron chi connectivity index (χ1n) is 2.69. The zero-order chi connectivity index (χ0) is 6.15. The predicted octanol–water partition coefficient (Wildman–Crippen LogP) is 0.656. The van der Waals surface area contributed by atoms with Gasteiger partial charge in [-0.15, -0.1) is 0 Å². The molecule has 1 unspecified atom stereocenters. The summed E-state index contributed by atoms with van der Waals surface area (Å²) in [6.45, 7) is 5.64. The van der Waals surface area contributed by atoms with Gasteiger partial charge in [-0.1, -0.05) is 13.5 Å². The molecule has 1 N–H and O–H groups in total. The molecule has 1 heterocycles. The summed E-state index contributed by atoms with van der Waals surface area (Å²) in [5.41, 5.74) is 0.856. The van der Waals surface area contributed by atoms with E-state index in [1.165, 1.54) is 0 Å². The second-order valence-electron chi connectivity index (χ2n) is 2.18. The number of hydrogen-bond acceptors (Lipinski definition) is 1. The Bertz CT molecular complexity index is 139. The van der Waals surface area contributed by atoms with Crippen LogP contribution in [-0.4, -0.2) is 5.91 Å². The van der Waals surface area contributed by atoms with Crippen molar-refractivity contribution < 1.29 is 4.79 Å². The standard InChI is InChI=1S/C6H9NO/c1-4-3-6(8)7-5(4)2/h4H,2-3H2,1H3,(H,7,8). The summed E-state index contributed by atoms with van der Waals surface area (Å²) >= 11 is 0. The highest BCUT2D eigenvalue weighted by Crippen LogP contribution is 2.15. The molecule has 0 aliphatic carbocycles. The van der Waals surface area contributed by atoms with Crippen molar-refractivity contribution in [3.63, 3.8) is 0 Å². The van der Waals surface area contributed by atoms with Crippen LogP contribution in [0.2, 0.25) is 0 Å². The number of amides is 1. The first-order valence-corrected chi connectivity index (χ1v) is 2.69. The lowest BCUT2D eigenvalue weighted by Gasteiger charge is -1.95. The van der Waals surface area contributed by atoms with E-state index in [-0.39, 0.29) is 5.91 Å². The van der Waals surface area contributed by atoms with E-state index in [0.29, 0.717) is 12.3 Å². The summed E-state index contributed by atoms with van der Waals surface area (Å²) in [6.07, 6.45) is 0.610. The number of nitrogens with one attached hydrogen (secondary N) is 1. The van der Waals surface area contributed by atoms with E-state index in [2.05, 4.69) is 11.9 Å². The monoisotopic (exact) mass is 111 g/mol. The average Bonchev–Trinajstić information content (AvgIpc) is 1.85. The lowest BCUT2D eigenvalue weighted by atomic mass is 10.1. The van der Waals surface area contributed by atoms with Gasteiger partial charge in [0, 0.05) is 18.0 Å². The van der Waals surface area contributed by atoms with Crippen LogP contribution in [-0.2, 0) is 4.79 Å². The fourth-order valence-electron chi connectivity index (χ4n) is 0.755. The van der Waals surface area contributed by atoms with E-state index >= 15 is 0 Å². The van der Waals surface area contributed by atoms with Gasteiger partial charge in [-0.25, -0.2) is 0 Å². The van der Waals surface area contributed by atoms with Crippen molar-refractivity contribution in [2.24, 2.45) is 5.92 Å². The Labute approximate surface area is 48.6 Å². The number of carbonyl (C=O) groups is 1. The van der Waals surface area contributed by atoms with Crippen LogP contribution >= 0.6 is 0 Å². The molecule has 1 aliphatic rings. The van der Waals surface area contributed by atoms with Gasteiger partial charge >= 0.3 is 0 Å². The zero-order valence-electron chi connectivity index (χ0n) is 4.90. The topological polar surface area (TPSA) is 29.1 Å². The summed E-state index contributed by atoms with van der Waals surface area (Å²) in [4.78, 5) is 10.5. The largest absolute Gasteiger partial charge is 0.330 e. The SMILES string of the molecule is C=C1NC(=O)CC1C. The third kappa shape index (κ3) is 0.735. The lowest BCUT2D eigenvalue weighted by Crippen LogP contribution is -2.10. The van der Waals surface area contributed by atoms with Crippen LogP contribution < -0.4 is 5.32 Å². The minimum Gasteiger partial charge on any atom is -0.330 e. The molecule has 0 aromatic carbocycles. The van der Waals surface area contributed by atoms with E-state index < -0.39 is 0 Å². The molecule has 1 rings (SSSR count). The number of rotatable bonds is 0. The summed E-state index contributed by atoms with van der Waals surface area (Å²) in [5.74, 6) is 0.435. The minimum absolute atomic E-state index is 0.0995. The highest BCUT2D eigenvalue weighted by Gasteiger charge is 2.20. The van der Waals surface area contributed by atoms with Gasteiger partial charge in [-0.2, -0.15) is 0 Å². The normalized spacial score (nSPS) is 28.4. The van der Waals surface area contributed by atoms with Gasteiger partial charge in [-0.3, -0.25) is 4.79 Å². The fourth-order valence-corrected chi connectivity index (χ4v) is 0.755. The van der Waals surface area contributed by atoms with E-state index in [9.17, 15) is 4.79 Å². The number of carbonyl (C=O) groups excluding carboxylic acids is 1. The molecule has 1 amide bonds. The van der Waals surface area contributed by atoms with Gasteiger partial charge in [0.2, 0.25) is 5.91 Å². The van der Waals surface area contributed by atoms with Crippen LogP contribution in [0, 0.1) is 5.92 Å². The Balaban J connectivity index is 2.64. The molecule has 1 atom stereocenters. The molecule has 8 heavy (non-hydrogen) atoms.